The van der Waals surface area contributed by atoms with Crippen LogP contribution < -0.4 is 4.74 Å². The van der Waals surface area contributed by atoms with E-state index < -0.39 is 6.10 Å². The Hall–Kier alpha value is -1.68. The SMILES string of the molecule is CC1(C)C(C=C(Cl)Cl)C1C(=O)OC(C#CI)c1cccc(Oc2ccccc2)c1. The van der Waals surface area contributed by atoms with Crippen molar-refractivity contribution in [1.29, 1.82) is 0 Å². The van der Waals surface area contributed by atoms with E-state index in [0.29, 0.717) is 5.75 Å². The van der Waals surface area contributed by atoms with Crippen molar-refractivity contribution < 1.29 is 14.3 Å². The highest BCUT2D eigenvalue weighted by Crippen LogP contribution is 2.60. The van der Waals surface area contributed by atoms with Crippen LogP contribution in [0.4, 0.5) is 0 Å². The average Bonchev–Trinajstić information content (AvgIpc) is 3.21. The van der Waals surface area contributed by atoms with Gasteiger partial charge in [0.2, 0.25) is 0 Å². The lowest BCUT2D eigenvalue weighted by Gasteiger charge is -2.15. The normalized spacial score (nSPS) is 19.9. The molecule has 0 heterocycles. The molecule has 2 aromatic carbocycles. The Kier molecular flexibility index (Phi) is 7.15. The van der Waals surface area contributed by atoms with Crippen molar-refractivity contribution in [3.8, 4) is 21.3 Å². The molecular formula is C23H19Cl2IO3. The molecule has 29 heavy (non-hydrogen) atoms. The molecule has 1 aliphatic carbocycles. The van der Waals surface area contributed by atoms with Crippen LogP contribution in [0.2, 0.25) is 0 Å². The monoisotopic (exact) mass is 540 g/mol. The maximum absolute atomic E-state index is 12.8. The molecular weight excluding hydrogens is 522 g/mol. The second kappa shape index (κ2) is 9.42. The van der Waals surface area contributed by atoms with E-state index in [1.165, 1.54) is 0 Å². The highest BCUT2D eigenvalue weighted by Gasteiger charge is 2.61. The molecule has 0 amide bonds. The third kappa shape index (κ3) is 5.48. The fourth-order valence-corrected chi connectivity index (χ4v) is 3.91. The zero-order valence-corrected chi connectivity index (χ0v) is 19.5. The zero-order valence-electron chi connectivity index (χ0n) is 15.9. The lowest BCUT2D eigenvalue weighted by atomic mass is 10.1. The number of rotatable bonds is 6. The number of carbonyl (C=O) groups excluding carboxylic acids is 1. The molecule has 1 saturated carbocycles. The lowest BCUT2D eigenvalue weighted by molar-refractivity contribution is -0.149. The third-order valence-electron chi connectivity index (χ3n) is 5.03. The second-order valence-electron chi connectivity index (χ2n) is 7.32. The number of hydrogen-bond donors (Lipinski definition) is 0. The van der Waals surface area contributed by atoms with Crippen LogP contribution in [-0.2, 0) is 9.53 Å². The van der Waals surface area contributed by atoms with Crippen LogP contribution in [0.25, 0.3) is 0 Å². The maximum atomic E-state index is 12.8. The van der Waals surface area contributed by atoms with Gasteiger partial charge in [0.05, 0.1) is 5.92 Å². The van der Waals surface area contributed by atoms with Gasteiger partial charge in [-0.1, -0.05) is 67.4 Å². The summed E-state index contributed by atoms with van der Waals surface area (Å²) in [6.45, 7) is 3.98. The first-order chi connectivity index (χ1) is 13.8. The lowest BCUT2D eigenvalue weighted by Crippen LogP contribution is -2.14. The van der Waals surface area contributed by atoms with Crippen LogP contribution in [0.3, 0.4) is 0 Å². The fraction of sp³-hybridized carbons (Fsp3) is 0.261. The summed E-state index contributed by atoms with van der Waals surface area (Å²) in [5.41, 5.74) is 0.490. The number of ether oxygens (including phenoxy) is 2. The molecule has 0 radical (unpaired) electrons. The minimum Gasteiger partial charge on any atom is -0.457 e. The summed E-state index contributed by atoms with van der Waals surface area (Å²) >= 11 is 13.5. The van der Waals surface area contributed by atoms with E-state index in [0.717, 1.165) is 11.3 Å². The molecule has 0 aromatic heterocycles. The topological polar surface area (TPSA) is 35.5 Å². The number of halogens is 3. The largest absolute Gasteiger partial charge is 0.457 e. The van der Waals surface area contributed by atoms with Crippen LogP contribution in [0.1, 0.15) is 25.5 Å². The van der Waals surface area contributed by atoms with Crippen LogP contribution in [0, 0.1) is 27.1 Å². The molecule has 0 aliphatic heterocycles. The Morgan fingerprint density at radius 1 is 1.14 bits per heavy atom. The Morgan fingerprint density at radius 3 is 2.48 bits per heavy atom. The predicted molar refractivity (Wildman–Crippen MR) is 124 cm³/mol. The fourth-order valence-electron chi connectivity index (χ4n) is 3.36. The first-order valence-corrected chi connectivity index (χ1v) is 10.8. The molecule has 3 unspecified atom stereocenters. The Morgan fingerprint density at radius 2 is 1.83 bits per heavy atom. The molecule has 150 valence electrons. The van der Waals surface area contributed by atoms with Crippen LogP contribution in [0.5, 0.6) is 11.5 Å². The molecule has 1 fully saturated rings. The van der Waals surface area contributed by atoms with Gasteiger partial charge in [0.25, 0.3) is 0 Å². The molecule has 0 saturated heterocycles. The van der Waals surface area contributed by atoms with E-state index >= 15 is 0 Å². The third-order valence-corrected chi connectivity index (χ3v) is 5.59. The molecule has 3 rings (SSSR count). The minimum atomic E-state index is -0.689. The van der Waals surface area contributed by atoms with Gasteiger partial charge in [-0.05, 0) is 51.5 Å². The van der Waals surface area contributed by atoms with Gasteiger partial charge in [0.15, 0.2) is 6.10 Å². The Balaban J connectivity index is 1.76. The van der Waals surface area contributed by atoms with Gasteiger partial charge in [-0.25, -0.2) is 0 Å². The average molecular weight is 541 g/mol. The van der Waals surface area contributed by atoms with E-state index in [4.69, 9.17) is 32.7 Å². The molecule has 2 aromatic rings. The van der Waals surface area contributed by atoms with Crippen LogP contribution in [0.15, 0.2) is 65.2 Å². The maximum Gasteiger partial charge on any atom is 0.311 e. The molecule has 3 atom stereocenters. The van der Waals surface area contributed by atoms with Crippen molar-refractivity contribution >= 4 is 51.8 Å². The highest BCUT2D eigenvalue weighted by molar-refractivity contribution is 14.1. The smallest absolute Gasteiger partial charge is 0.311 e. The summed E-state index contributed by atoms with van der Waals surface area (Å²) in [6, 6.07) is 16.9. The van der Waals surface area contributed by atoms with Crippen molar-refractivity contribution in [2.75, 3.05) is 0 Å². The van der Waals surface area contributed by atoms with E-state index in [1.807, 2.05) is 91.0 Å². The van der Waals surface area contributed by atoms with Gasteiger partial charge in [-0.2, -0.15) is 0 Å². The van der Waals surface area contributed by atoms with Crippen LogP contribution >= 0.6 is 45.8 Å². The van der Waals surface area contributed by atoms with Gasteiger partial charge in [-0.3, -0.25) is 4.79 Å². The number of hydrogen-bond acceptors (Lipinski definition) is 3. The van der Waals surface area contributed by atoms with Gasteiger partial charge in [0, 0.05) is 28.2 Å². The van der Waals surface area contributed by atoms with Gasteiger partial charge >= 0.3 is 5.97 Å². The van der Waals surface area contributed by atoms with E-state index in [1.54, 1.807) is 6.08 Å². The van der Waals surface area contributed by atoms with Crippen molar-refractivity contribution in [2.24, 2.45) is 17.3 Å². The molecule has 0 N–H and O–H groups in total. The summed E-state index contributed by atoms with van der Waals surface area (Å²) < 4.78 is 14.6. The molecule has 0 bridgehead atoms. The van der Waals surface area contributed by atoms with Gasteiger partial charge < -0.3 is 9.47 Å². The zero-order chi connectivity index (χ0) is 21.0. The first-order valence-electron chi connectivity index (χ1n) is 9.00. The van der Waals surface area contributed by atoms with Crippen molar-refractivity contribution in [1.82, 2.24) is 0 Å². The highest BCUT2D eigenvalue weighted by atomic mass is 127. The summed E-state index contributed by atoms with van der Waals surface area (Å²) in [7, 11) is 0. The van der Waals surface area contributed by atoms with Gasteiger partial charge in [-0.15, -0.1) is 0 Å². The van der Waals surface area contributed by atoms with E-state index in [9.17, 15) is 4.79 Å². The quantitative estimate of drug-likeness (QED) is 0.224. The van der Waals surface area contributed by atoms with E-state index in [2.05, 4.69) is 9.85 Å². The van der Waals surface area contributed by atoms with Crippen molar-refractivity contribution in [2.45, 2.75) is 20.0 Å². The number of esters is 1. The van der Waals surface area contributed by atoms with E-state index in [-0.39, 0.29) is 27.7 Å². The van der Waals surface area contributed by atoms with Crippen molar-refractivity contribution in [3.05, 3.63) is 70.7 Å². The summed E-state index contributed by atoms with van der Waals surface area (Å²) in [4.78, 5) is 12.8. The predicted octanol–water partition coefficient (Wildman–Crippen LogP) is 7.05. The Bertz CT molecular complexity index is 972. The molecule has 0 spiro atoms. The summed E-state index contributed by atoms with van der Waals surface area (Å²) in [5, 5.41) is 0. The number of allylic oxidation sites excluding steroid dienone is 1. The number of benzene rings is 2. The molecule has 1 aliphatic rings. The van der Waals surface area contributed by atoms with Crippen LogP contribution in [-0.4, -0.2) is 5.97 Å². The molecule has 3 nitrogen and oxygen atoms in total. The first kappa shape index (κ1) is 22.0. The standard InChI is InChI=1S/C23H19Cl2IO3/c1-23(2)18(14-20(24)25)21(23)22(27)29-19(11-12-26)15-7-6-10-17(13-15)28-16-8-4-3-5-9-16/h3-10,13-14,18-19,21H,1-2H3. The molecule has 6 heteroatoms. The minimum absolute atomic E-state index is 0.0547. The van der Waals surface area contributed by atoms with Crippen molar-refractivity contribution in [3.63, 3.8) is 0 Å². The summed E-state index contributed by atoms with van der Waals surface area (Å²) in [6.07, 6.45) is 1.01. The van der Waals surface area contributed by atoms with Gasteiger partial charge in [0.1, 0.15) is 16.0 Å². The second-order valence-corrected chi connectivity index (χ2v) is 8.87. The number of carbonyl (C=O) groups is 1. The summed E-state index contributed by atoms with van der Waals surface area (Å²) in [5.74, 6) is 3.65. The Labute approximate surface area is 194 Å². The number of para-hydroxylation sites is 1.